The van der Waals surface area contributed by atoms with Crippen LogP contribution in [0.25, 0.3) is 0 Å². The van der Waals surface area contributed by atoms with E-state index in [4.69, 9.17) is 0 Å². The van der Waals surface area contributed by atoms with Gasteiger partial charge < -0.3 is 10.2 Å². The first-order valence-electron chi connectivity index (χ1n) is 5.43. The van der Waals surface area contributed by atoms with Crippen molar-refractivity contribution in [2.75, 3.05) is 19.6 Å². The van der Waals surface area contributed by atoms with Crippen molar-refractivity contribution < 1.29 is 4.79 Å². The fraction of sp³-hybridized carbons (Fsp3) is 0.545. The van der Waals surface area contributed by atoms with Crippen LogP contribution in [0.15, 0.2) is 11.4 Å². The SMILES string of the molecule is O=C1CNCC2c3ccsc3CCCN12. The molecule has 0 bridgehead atoms. The van der Waals surface area contributed by atoms with Gasteiger partial charge in [0, 0.05) is 18.0 Å². The average Bonchev–Trinajstić information content (AvgIpc) is 2.62. The predicted octanol–water partition coefficient (Wildman–Crippen LogP) is 1.17. The number of thiophene rings is 1. The number of amides is 1. The Kier molecular flexibility index (Phi) is 2.25. The molecular weight excluding hydrogens is 208 g/mol. The van der Waals surface area contributed by atoms with Gasteiger partial charge in [0.2, 0.25) is 5.91 Å². The first-order valence-corrected chi connectivity index (χ1v) is 6.30. The Hall–Kier alpha value is -0.870. The van der Waals surface area contributed by atoms with Gasteiger partial charge in [-0.1, -0.05) is 0 Å². The van der Waals surface area contributed by atoms with E-state index in [0.717, 1.165) is 25.9 Å². The lowest BCUT2D eigenvalue weighted by Crippen LogP contribution is -2.49. The van der Waals surface area contributed by atoms with Crippen LogP contribution in [-0.4, -0.2) is 30.4 Å². The zero-order valence-corrected chi connectivity index (χ0v) is 9.35. The number of piperazine rings is 1. The highest BCUT2D eigenvalue weighted by atomic mass is 32.1. The number of hydrogen-bond acceptors (Lipinski definition) is 3. The summed E-state index contributed by atoms with van der Waals surface area (Å²) in [4.78, 5) is 15.3. The van der Waals surface area contributed by atoms with E-state index < -0.39 is 0 Å². The van der Waals surface area contributed by atoms with Crippen LogP contribution in [0, 0.1) is 0 Å². The summed E-state index contributed by atoms with van der Waals surface area (Å²) in [6, 6.07) is 2.47. The van der Waals surface area contributed by atoms with Gasteiger partial charge in [-0.05, 0) is 29.9 Å². The topological polar surface area (TPSA) is 32.3 Å². The molecule has 0 spiro atoms. The van der Waals surface area contributed by atoms with E-state index in [0.29, 0.717) is 6.54 Å². The molecule has 3 rings (SSSR count). The van der Waals surface area contributed by atoms with Crippen molar-refractivity contribution in [2.24, 2.45) is 0 Å². The molecule has 15 heavy (non-hydrogen) atoms. The summed E-state index contributed by atoms with van der Waals surface area (Å²) in [6.45, 7) is 2.35. The van der Waals surface area contributed by atoms with Gasteiger partial charge in [0.25, 0.3) is 0 Å². The Labute approximate surface area is 93.1 Å². The Morgan fingerprint density at radius 2 is 2.47 bits per heavy atom. The molecule has 3 heterocycles. The quantitative estimate of drug-likeness (QED) is 0.714. The first kappa shape index (κ1) is 9.36. The summed E-state index contributed by atoms with van der Waals surface area (Å²) < 4.78 is 0. The maximum Gasteiger partial charge on any atom is 0.237 e. The van der Waals surface area contributed by atoms with E-state index in [1.54, 1.807) is 0 Å². The summed E-state index contributed by atoms with van der Waals surface area (Å²) >= 11 is 1.83. The molecule has 3 nitrogen and oxygen atoms in total. The molecule has 1 unspecified atom stereocenters. The van der Waals surface area contributed by atoms with Gasteiger partial charge in [-0.3, -0.25) is 4.79 Å². The number of rotatable bonds is 0. The molecule has 0 radical (unpaired) electrons. The van der Waals surface area contributed by atoms with Crippen molar-refractivity contribution in [1.82, 2.24) is 10.2 Å². The number of nitrogens with one attached hydrogen (secondary N) is 1. The molecule has 0 aliphatic carbocycles. The second-order valence-electron chi connectivity index (χ2n) is 4.14. The summed E-state index contributed by atoms with van der Waals surface area (Å²) in [6.07, 6.45) is 2.24. The number of fused-ring (bicyclic) bond motifs is 3. The molecule has 1 saturated heterocycles. The lowest BCUT2D eigenvalue weighted by molar-refractivity contribution is -0.134. The van der Waals surface area contributed by atoms with Gasteiger partial charge >= 0.3 is 0 Å². The molecule has 0 saturated carbocycles. The molecule has 1 N–H and O–H groups in total. The van der Waals surface area contributed by atoms with Gasteiger partial charge in [-0.2, -0.15) is 0 Å². The third-order valence-corrected chi connectivity index (χ3v) is 4.25. The minimum Gasteiger partial charge on any atom is -0.333 e. The Bertz CT molecular complexity index is 388. The monoisotopic (exact) mass is 222 g/mol. The van der Waals surface area contributed by atoms with E-state index in [1.807, 2.05) is 11.3 Å². The summed E-state index contributed by atoms with van der Waals surface area (Å²) in [7, 11) is 0. The van der Waals surface area contributed by atoms with Crippen molar-refractivity contribution in [3.63, 3.8) is 0 Å². The van der Waals surface area contributed by atoms with Crippen molar-refractivity contribution in [2.45, 2.75) is 18.9 Å². The number of aryl methyl sites for hydroxylation is 1. The van der Waals surface area contributed by atoms with Gasteiger partial charge in [-0.15, -0.1) is 11.3 Å². The molecule has 2 aliphatic rings. The summed E-state index contributed by atoms with van der Waals surface area (Å²) in [5.41, 5.74) is 1.37. The molecule has 1 atom stereocenters. The lowest BCUT2D eigenvalue weighted by Gasteiger charge is -2.35. The van der Waals surface area contributed by atoms with Crippen LogP contribution in [0.1, 0.15) is 22.9 Å². The van der Waals surface area contributed by atoms with Crippen molar-refractivity contribution in [3.8, 4) is 0 Å². The molecular formula is C11H14N2OS. The third kappa shape index (κ3) is 1.48. The van der Waals surface area contributed by atoms with Crippen LogP contribution < -0.4 is 5.32 Å². The summed E-state index contributed by atoms with van der Waals surface area (Å²) in [5.74, 6) is 0.255. The maximum absolute atomic E-state index is 11.8. The highest BCUT2D eigenvalue weighted by molar-refractivity contribution is 7.10. The number of carbonyl (C=O) groups excluding carboxylic acids is 1. The van der Waals surface area contributed by atoms with Crippen molar-refractivity contribution >= 4 is 17.2 Å². The highest BCUT2D eigenvalue weighted by Gasteiger charge is 2.32. The molecule has 4 heteroatoms. The Balaban J connectivity index is 2.00. The van der Waals surface area contributed by atoms with Crippen LogP contribution >= 0.6 is 11.3 Å². The molecule has 1 fully saturated rings. The number of nitrogens with zero attached hydrogens (tertiary/aromatic N) is 1. The minimum atomic E-state index is 0.255. The van der Waals surface area contributed by atoms with E-state index >= 15 is 0 Å². The zero-order valence-electron chi connectivity index (χ0n) is 8.53. The normalized spacial score (nSPS) is 25.7. The van der Waals surface area contributed by atoms with Crippen molar-refractivity contribution in [1.29, 1.82) is 0 Å². The third-order valence-electron chi connectivity index (χ3n) is 3.25. The molecule has 80 valence electrons. The second kappa shape index (κ2) is 3.61. The van der Waals surface area contributed by atoms with Crippen LogP contribution in [0.3, 0.4) is 0 Å². The van der Waals surface area contributed by atoms with Crippen LogP contribution in [-0.2, 0) is 11.2 Å². The van der Waals surface area contributed by atoms with Gasteiger partial charge in [-0.25, -0.2) is 0 Å². The van der Waals surface area contributed by atoms with E-state index in [9.17, 15) is 4.79 Å². The zero-order chi connectivity index (χ0) is 10.3. The van der Waals surface area contributed by atoms with Gasteiger partial charge in [0.05, 0.1) is 12.6 Å². The molecule has 1 aromatic rings. The highest BCUT2D eigenvalue weighted by Crippen LogP contribution is 2.33. The van der Waals surface area contributed by atoms with E-state index in [2.05, 4.69) is 21.7 Å². The molecule has 1 amide bonds. The molecule has 1 aromatic heterocycles. The maximum atomic E-state index is 11.8. The second-order valence-corrected chi connectivity index (χ2v) is 5.14. The fourth-order valence-electron chi connectivity index (χ4n) is 2.52. The van der Waals surface area contributed by atoms with Crippen molar-refractivity contribution in [3.05, 3.63) is 21.9 Å². The first-order chi connectivity index (χ1) is 7.36. The van der Waals surface area contributed by atoms with E-state index in [1.165, 1.54) is 10.4 Å². The van der Waals surface area contributed by atoms with Crippen LogP contribution in [0.2, 0.25) is 0 Å². The van der Waals surface area contributed by atoms with Gasteiger partial charge in [0.1, 0.15) is 0 Å². The summed E-state index contributed by atoms with van der Waals surface area (Å²) in [5, 5.41) is 5.35. The minimum absolute atomic E-state index is 0.255. The smallest absolute Gasteiger partial charge is 0.237 e. The van der Waals surface area contributed by atoms with Crippen LogP contribution in [0.5, 0.6) is 0 Å². The molecule has 2 aliphatic heterocycles. The fourth-order valence-corrected chi connectivity index (χ4v) is 3.50. The molecule has 0 aromatic carbocycles. The Morgan fingerprint density at radius 3 is 3.40 bits per heavy atom. The largest absolute Gasteiger partial charge is 0.333 e. The standard InChI is InChI=1S/C11H14N2OS/c14-11-7-12-6-9-8-3-5-15-10(8)2-1-4-13(9)11/h3,5,9,12H,1-2,4,6-7H2. The average molecular weight is 222 g/mol. The number of hydrogen-bond donors (Lipinski definition) is 1. The van der Waals surface area contributed by atoms with E-state index in [-0.39, 0.29) is 11.9 Å². The number of carbonyl (C=O) groups is 1. The predicted molar refractivity (Wildman–Crippen MR) is 60.0 cm³/mol. The van der Waals surface area contributed by atoms with Crippen LogP contribution in [0.4, 0.5) is 0 Å². The Morgan fingerprint density at radius 1 is 1.53 bits per heavy atom. The van der Waals surface area contributed by atoms with Gasteiger partial charge in [0.15, 0.2) is 0 Å². The lowest BCUT2D eigenvalue weighted by atomic mass is 10.1.